The molecule has 80 heavy (non-hydrogen) atoms. The fourth-order valence-corrected chi connectivity index (χ4v) is 8.16. The number of unbranched alkanes of at least 4 members (excludes halogenated alkanes) is 2. The summed E-state index contributed by atoms with van der Waals surface area (Å²) in [4.78, 5) is 146. The van der Waals surface area contributed by atoms with Crippen molar-refractivity contribution in [3.63, 3.8) is 0 Å². The van der Waals surface area contributed by atoms with Gasteiger partial charge in [0.1, 0.15) is 29.7 Å². The van der Waals surface area contributed by atoms with Crippen LogP contribution in [0.4, 0.5) is 15.9 Å². The van der Waals surface area contributed by atoms with Crippen LogP contribution in [0.25, 0.3) is 22.0 Å². The van der Waals surface area contributed by atoms with Crippen LogP contribution in [0.2, 0.25) is 0 Å². The Balaban J connectivity index is 1.14. The van der Waals surface area contributed by atoms with Gasteiger partial charge in [0.15, 0.2) is 5.82 Å². The Morgan fingerprint density at radius 3 is 1.82 bits per heavy atom. The molecule has 0 radical (unpaired) electrons. The second-order valence-electron chi connectivity index (χ2n) is 18.9. The van der Waals surface area contributed by atoms with Gasteiger partial charge in [0, 0.05) is 50.8 Å². The smallest absolute Gasteiger partial charge is 0.326 e. The maximum Gasteiger partial charge on any atom is 0.326 e. The van der Waals surface area contributed by atoms with Gasteiger partial charge in [0.2, 0.25) is 35.4 Å². The summed E-state index contributed by atoms with van der Waals surface area (Å²) >= 11 is 0. The van der Waals surface area contributed by atoms with E-state index in [1.807, 2.05) is 19.1 Å². The minimum atomic E-state index is -1.71. The first-order valence-electron chi connectivity index (χ1n) is 25.4. The number of nitrogens with one attached hydrogen (secondary N) is 7. The molecule has 1 heterocycles. The van der Waals surface area contributed by atoms with Crippen LogP contribution in [0.3, 0.4) is 0 Å². The number of anilines is 2. The Hall–Kier alpha value is -9.14. The van der Waals surface area contributed by atoms with Gasteiger partial charge in [-0.25, -0.2) is 18.8 Å². The number of carbonyl (C=O) groups excluding carboxylic acids is 7. The van der Waals surface area contributed by atoms with Crippen LogP contribution >= 0.6 is 0 Å². The lowest BCUT2D eigenvalue weighted by Gasteiger charge is -2.19. The summed E-state index contributed by atoms with van der Waals surface area (Å²) in [7, 11) is 0. The Morgan fingerprint density at radius 1 is 0.613 bits per heavy atom. The molecule has 3 aromatic carbocycles. The summed E-state index contributed by atoms with van der Waals surface area (Å²) < 4.78 is 14.2. The number of amides is 6. The van der Waals surface area contributed by atoms with E-state index in [4.69, 9.17) is 10.8 Å². The van der Waals surface area contributed by atoms with Crippen LogP contribution in [-0.2, 0) is 64.0 Å². The number of Topliss-reactive ketones (excluding diaryl/α,β-unsaturated/α-hetero) is 1. The Labute approximate surface area is 456 Å². The third kappa shape index (κ3) is 21.4. The van der Waals surface area contributed by atoms with E-state index in [0.29, 0.717) is 41.7 Å². The van der Waals surface area contributed by atoms with E-state index in [2.05, 4.69) is 42.1 Å². The predicted molar refractivity (Wildman–Crippen MR) is 282 cm³/mol. The van der Waals surface area contributed by atoms with Gasteiger partial charge < -0.3 is 63.2 Å². The average Bonchev–Trinajstić information content (AvgIpc) is 3.82. The quantitative estimate of drug-likeness (QED) is 0.0295. The van der Waals surface area contributed by atoms with Crippen LogP contribution in [0.15, 0.2) is 60.7 Å². The normalized spacial score (nSPS) is 12.8. The van der Waals surface area contributed by atoms with E-state index >= 15 is 0 Å². The number of H-pyrrole nitrogens is 1. The molecular weight excluding hydrogens is 1050 g/mol. The number of aliphatic carboxylic acids is 5. The van der Waals surface area contributed by atoms with E-state index in [0.717, 1.165) is 16.7 Å². The highest BCUT2D eigenvalue weighted by Crippen LogP contribution is 2.33. The third-order valence-corrected chi connectivity index (χ3v) is 12.5. The largest absolute Gasteiger partial charge is 0.481 e. The molecule has 27 heteroatoms. The van der Waals surface area contributed by atoms with Crippen molar-refractivity contribution in [2.45, 2.75) is 127 Å². The molecule has 0 aliphatic heterocycles. The number of rotatable bonds is 35. The van der Waals surface area contributed by atoms with Crippen molar-refractivity contribution in [1.82, 2.24) is 31.5 Å². The summed E-state index contributed by atoms with van der Waals surface area (Å²) in [5.41, 5.74) is 9.70. The molecule has 26 nitrogen and oxygen atoms in total. The van der Waals surface area contributed by atoms with Gasteiger partial charge in [-0.1, -0.05) is 48.4 Å². The van der Waals surface area contributed by atoms with E-state index in [1.165, 1.54) is 6.07 Å². The Kier molecular flexibility index (Phi) is 24.8. The zero-order valence-electron chi connectivity index (χ0n) is 43.5. The number of fused-ring (bicyclic) bond motifs is 1. The van der Waals surface area contributed by atoms with E-state index in [1.54, 1.807) is 42.5 Å². The molecule has 0 bridgehead atoms. The maximum atomic E-state index is 14.2. The predicted octanol–water partition coefficient (Wildman–Crippen LogP) is 2.76. The lowest BCUT2D eigenvalue weighted by atomic mass is 9.94. The minimum absolute atomic E-state index is 0.120. The standard InChI is InChI=1S/C53H64FN9O17/c1-28-9-16-35(54)31(24-28)26-45(69)57-32-13-10-29(11-14-32)34-6-5-7-37-47(34)48(63-62-37)61-41(65)8-3-2-4-23-56-44(68)27-36(55)49(72)60-40(53(79)80)19-21-43(67)59-39(52(77)78)18-20-42(66)58-38(51(75)76)17-15-33(64)25-30(50(73)74)12-22-46(70)71/h5-7,9-11,13-14,16,24,30,36,38-40H,2-4,8,12,15,17-23,25-27,55H2,1H3,(H,56,68)(H,57,69)(H,58,66)(H,59,67)(H,60,72)(H,70,71)(H,73,74)(H,75,76)(H,77,78)(H,79,80)(H2,61,62,63,65)/t30-,36+,38+,39+,40+/m1/s1. The number of hydrogen-bond donors (Lipinski definition) is 13. The molecule has 0 aliphatic carbocycles. The first-order chi connectivity index (χ1) is 37.9. The van der Waals surface area contributed by atoms with Gasteiger partial charge in [-0.05, 0) is 86.4 Å². The first-order valence-corrected chi connectivity index (χ1v) is 25.4. The molecular formula is C53H64FN9O17. The fraction of sp³-hybridized carbons (Fsp3) is 0.415. The van der Waals surface area contributed by atoms with Crippen molar-refractivity contribution in [2.24, 2.45) is 11.7 Å². The third-order valence-electron chi connectivity index (χ3n) is 12.5. The average molecular weight is 1120 g/mol. The summed E-state index contributed by atoms with van der Waals surface area (Å²) in [6.07, 6.45) is -3.92. The molecule has 0 spiro atoms. The lowest BCUT2D eigenvalue weighted by Crippen LogP contribution is -2.50. The summed E-state index contributed by atoms with van der Waals surface area (Å²) in [5.74, 6) is -13.9. The summed E-state index contributed by atoms with van der Waals surface area (Å²) in [5, 5.41) is 69.4. The van der Waals surface area contributed by atoms with Crippen molar-refractivity contribution in [3.05, 3.63) is 77.6 Å². The van der Waals surface area contributed by atoms with E-state index in [-0.39, 0.29) is 43.2 Å². The number of ketones is 1. The molecule has 4 rings (SSSR count). The van der Waals surface area contributed by atoms with Crippen LogP contribution in [0, 0.1) is 18.7 Å². The Morgan fingerprint density at radius 2 is 1.23 bits per heavy atom. The lowest BCUT2D eigenvalue weighted by molar-refractivity contribution is -0.145. The van der Waals surface area contributed by atoms with Crippen LogP contribution in [0.5, 0.6) is 0 Å². The van der Waals surface area contributed by atoms with E-state index < -0.39 is 153 Å². The maximum absolute atomic E-state index is 14.2. The van der Waals surface area contributed by atoms with Gasteiger partial charge in [0.05, 0.1) is 35.7 Å². The number of carboxylic acids is 5. The van der Waals surface area contributed by atoms with Gasteiger partial charge >= 0.3 is 29.8 Å². The van der Waals surface area contributed by atoms with Crippen LogP contribution < -0.4 is 37.6 Å². The second-order valence-corrected chi connectivity index (χ2v) is 18.9. The number of nitrogens with zero attached hydrogens (tertiary/aromatic N) is 1. The highest BCUT2D eigenvalue weighted by molar-refractivity contribution is 6.07. The number of carboxylic acid groups (broad SMARTS) is 5. The van der Waals surface area contributed by atoms with Crippen molar-refractivity contribution >= 4 is 93.5 Å². The summed E-state index contributed by atoms with van der Waals surface area (Å²) in [6, 6.07) is 10.5. The molecule has 4 aromatic rings. The van der Waals surface area contributed by atoms with Crippen molar-refractivity contribution in [1.29, 1.82) is 0 Å². The van der Waals surface area contributed by atoms with Gasteiger partial charge in [0.25, 0.3) is 0 Å². The molecule has 5 atom stereocenters. The number of halogens is 1. The van der Waals surface area contributed by atoms with Crippen LogP contribution in [-0.4, -0.2) is 138 Å². The number of carbonyl (C=O) groups is 12. The first kappa shape index (κ1) is 63.4. The highest BCUT2D eigenvalue weighted by Gasteiger charge is 2.29. The number of hydrogen-bond acceptors (Lipinski definition) is 14. The summed E-state index contributed by atoms with van der Waals surface area (Å²) in [6.45, 7) is 1.97. The van der Waals surface area contributed by atoms with Gasteiger partial charge in [-0.3, -0.25) is 48.2 Å². The molecule has 0 unspecified atom stereocenters. The van der Waals surface area contributed by atoms with Crippen molar-refractivity contribution in [3.8, 4) is 11.1 Å². The fourth-order valence-electron chi connectivity index (χ4n) is 8.16. The molecule has 430 valence electrons. The number of aryl methyl sites for hydroxylation is 1. The van der Waals surface area contributed by atoms with Crippen molar-refractivity contribution < 1.29 is 87.5 Å². The van der Waals surface area contributed by atoms with Gasteiger partial charge in [-0.2, -0.15) is 5.10 Å². The monoisotopic (exact) mass is 1120 g/mol. The van der Waals surface area contributed by atoms with Crippen LogP contribution in [0.1, 0.15) is 101 Å². The zero-order valence-corrected chi connectivity index (χ0v) is 43.5. The second kappa shape index (κ2) is 31.3. The topological polar surface area (TPSA) is 433 Å². The van der Waals surface area contributed by atoms with Gasteiger partial charge in [-0.15, -0.1) is 0 Å². The molecule has 0 aliphatic rings. The number of nitrogens with two attached hydrogens (primary N) is 1. The number of benzene rings is 3. The SMILES string of the molecule is Cc1ccc(F)c(CC(=O)Nc2ccc(-c3cccc4[nH]nc(NC(=O)CCCCCNC(=O)C[C@H](N)C(=O)N[C@@H](CCC(=O)N[C@@H](CCC(=O)N[C@@H](CCC(=O)C[C@@H](CCC(=O)O)C(=O)O)C(=O)O)C(=O)O)C(=O)O)c34)cc2)c1. The van der Waals surface area contributed by atoms with Crippen molar-refractivity contribution in [2.75, 3.05) is 17.2 Å². The van der Waals surface area contributed by atoms with E-state index in [9.17, 15) is 82.4 Å². The minimum Gasteiger partial charge on any atom is -0.481 e. The molecule has 0 saturated heterocycles. The molecule has 0 saturated carbocycles. The molecule has 14 N–H and O–H groups in total. The molecule has 1 aromatic heterocycles. The highest BCUT2D eigenvalue weighted by atomic mass is 19.1. The number of aromatic nitrogens is 2. The zero-order chi connectivity index (χ0) is 59.1. The Bertz CT molecular complexity index is 2930. The molecule has 0 fully saturated rings. The molecule has 6 amide bonds. The number of aromatic amines is 1.